The third kappa shape index (κ3) is 1.93. The molecule has 2 rings (SSSR count). The molecule has 4 N–H and O–H groups in total. The van der Waals surface area contributed by atoms with Gasteiger partial charge in [0.05, 0.1) is 6.04 Å². The molecule has 0 aliphatic heterocycles. The highest BCUT2D eigenvalue weighted by molar-refractivity contribution is 5.97. The second-order valence-electron chi connectivity index (χ2n) is 3.85. The Hall–Kier alpha value is -1.35. The van der Waals surface area contributed by atoms with E-state index >= 15 is 0 Å². The van der Waals surface area contributed by atoms with Crippen LogP contribution in [0, 0.1) is 6.92 Å². The van der Waals surface area contributed by atoms with Gasteiger partial charge in [0.15, 0.2) is 0 Å². The van der Waals surface area contributed by atoms with Gasteiger partial charge in [-0.15, -0.1) is 0 Å². The topological polar surface area (TPSA) is 64.4 Å². The first-order chi connectivity index (χ1) is 6.66. The Kier molecular flexibility index (Phi) is 2.25. The van der Waals surface area contributed by atoms with E-state index in [1.165, 1.54) is 5.56 Å². The van der Waals surface area contributed by atoms with E-state index in [-0.39, 0.29) is 12.1 Å². The predicted octanol–water partition coefficient (Wildman–Crippen LogP) is 0.800. The predicted molar refractivity (Wildman–Crippen MR) is 58.3 cm³/mol. The summed E-state index contributed by atoms with van der Waals surface area (Å²) in [6.45, 7) is 2.05. The molecule has 1 fully saturated rings. The number of rotatable bonds is 2. The van der Waals surface area contributed by atoms with Gasteiger partial charge in [0.1, 0.15) is 5.84 Å². The van der Waals surface area contributed by atoms with Crippen molar-refractivity contribution in [2.45, 2.75) is 25.4 Å². The van der Waals surface area contributed by atoms with Crippen molar-refractivity contribution in [3.63, 3.8) is 0 Å². The maximum absolute atomic E-state index is 5.84. The third-order valence-corrected chi connectivity index (χ3v) is 2.46. The minimum absolute atomic E-state index is 0.221. The maximum atomic E-state index is 5.84. The molecule has 0 spiro atoms. The molecule has 1 aliphatic carbocycles. The standard InChI is InChI=1S/C11H15N3/c1-7-2-4-8(5-3-7)11(13)14-10-6-9(10)12/h2-5,9-10H,6,12H2,1H3,(H2,13,14). The zero-order valence-electron chi connectivity index (χ0n) is 8.27. The fourth-order valence-corrected chi connectivity index (χ4v) is 1.33. The lowest BCUT2D eigenvalue weighted by Crippen LogP contribution is -2.16. The minimum Gasteiger partial charge on any atom is -0.383 e. The van der Waals surface area contributed by atoms with E-state index in [4.69, 9.17) is 11.5 Å². The van der Waals surface area contributed by atoms with Crippen LogP contribution in [0.3, 0.4) is 0 Å². The van der Waals surface area contributed by atoms with Crippen molar-refractivity contribution in [3.8, 4) is 0 Å². The van der Waals surface area contributed by atoms with Crippen molar-refractivity contribution in [3.05, 3.63) is 35.4 Å². The molecule has 1 saturated carbocycles. The van der Waals surface area contributed by atoms with Gasteiger partial charge < -0.3 is 11.5 Å². The van der Waals surface area contributed by atoms with Gasteiger partial charge in [0.2, 0.25) is 0 Å². The Morgan fingerprint density at radius 2 is 1.93 bits per heavy atom. The first-order valence-electron chi connectivity index (χ1n) is 4.83. The Morgan fingerprint density at radius 3 is 2.43 bits per heavy atom. The molecule has 3 nitrogen and oxygen atoms in total. The van der Waals surface area contributed by atoms with Crippen molar-refractivity contribution in [2.24, 2.45) is 16.5 Å². The molecule has 2 unspecified atom stereocenters. The van der Waals surface area contributed by atoms with E-state index in [1.54, 1.807) is 0 Å². The van der Waals surface area contributed by atoms with E-state index in [2.05, 4.69) is 4.99 Å². The summed E-state index contributed by atoms with van der Waals surface area (Å²) in [6.07, 6.45) is 0.965. The summed E-state index contributed by atoms with van der Waals surface area (Å²) in [5, 5.41) is 0. The highest BCUT2D eigenvalue weighted by atomic mass is 15.0. The third-order valence-electron chi connectivity index (χ3n) is 2.46. The van der Waals surface area contributed by atoms with Gasteiger partial charge in [0.25, 0.3) is 0 Å². The molecule has 1 aliphatic rings. The highest BCUT2D eigenvalue weighted by Crippen LogP contribution is 2.22. The summed E-state index contributed by atoms with van der Waals surface area (Å²) < 4.78 is 0. The van der Waals surface area contributed by atoms with Gasteiger partial charge in [-0.2, -0.15) is 0 Å². The lowest BCUT2D eigenvalue weighted by atomic mass is 10.1. The number of nitrogens with two attached hydrogens (primary N) is 2. The molecule has 0 bridgehead atoms. The number of hydrogen-bond donors (Lipinski definition) is 2. The second-order valence-corrected chi connectivity index (χ2v) is 3.85. The molecule has 1 aromatic carbocycles. The number of nitrogens with zero attached hydrogens (tertiary/aromatic N) is 1. The molecule has 0 radical (unpaired) electrons. The number of aliphatic imine (C=N–C) groups is 1. The largest absolute Gasteiger partial charge is 0.383 e. The molecule has 14 heavy (non-hydrogen) atoms. The van der Waals surface area contributed by atoms with Crippen LogP contribution in [0.5, 0.6) is 0 Å². The molecule has 0 heterocycles. The van der Waals surface area contributed by atoms with Crippen molar-refractivity contribution in [1.29, 1.82) is 0 Å². The molecule has 1 aromatic rings. The van der Waals surface area contributed by atoms with Crippen molar-refractivity contribution < 1.29 is 0 Å². The Morgan fingerprint density at radius 1 is 1.36 bits per heavy atom. The van der Waals surface area contributed by atoms with Crippen molar-refractivity contribution >= 4 is 5.84 Å². The molecule has 3 heteroatoms. The van der Waals surface area contributed by atoms with Gasteiger partial charge in [0, 0.05) is 11.6 Å². The van der Waals surface area contributed by atoms with Gasteiger partial charge in [-0.3, -0.25) is 4.99 Å². The minimum atomic E-state index is 0.221. The quantitative estimate of drug-likeness (QED) is 0.534. The van der Waals surface area contributed by atoms with Crippen molar-refractivity contribution in [1.82, 2.24) is 0 Å². The Bertz CT molecular complexity index is 353. The average Bonchev–Trinajstić information content (AvgIpc) is 2.82. The smallest absolute Gasteiger partial charge is 0.125 e. The number of hydrogen-bond acceptors (Lipinski definition) is 2. The maximum Gasteiger partial charge on any atom is 0.125 e. The fraction of sp³-hybridized carbons (Fsp3) is 0.364. The lowest BCUT2D eigenvalue weighted by molar-refractivity contribution is 0.960. The normalized spacial score (nSPS) is 26.3. The van der Waals surface area contributed by atoms with Crippen LogP contribution >= 0.6 is 0 Å². The number of benzene rings is 1. The molecule has 0 saturated heterocycles. The molecule has 0 aromatic heterocycles. The van der Waals surface area contributed by atoms with Crippen LogP contribution in [-0.4, -0.2) is 17.9 Å². The summed E-state index contributed by atoms with van der Waals surface area (Å²) in [6, 6.07) is 8.51. The van der Waals surface area contributed by atoms with E-state index in [9.17, 15) is 0 Å². The first-order valence-corrected chi connectivity index (χ1v) is 4.83. The highest BCUT2D eigenvalue weighted by Gasteiger charge is 2.33. The van der Waals surface area contributed by atoms with E-state index < -0.39 is 0 Å². The van der Waals surface area contributed by atoms with Crippen LogP contribution in [0.1, 0.15) is 17.5 Å². The van der Waals surface area contributed by atoms with Gasteiger partial charge in [-0.1, -0.05) is 29.8 Å². The monoisotopic (exact) mass is 189 g/mol. The van der Waals surface area contributed by atoms with Gasteiger partial charge >= 0.3 is 0 Å². The fourth-order valence-electron chi connectivity index (χ4n) is 1.33. The van der Waals surface area contributed by atoms with Crippen molar-refractivity contribution in [2.75, 3.05) is 0 Å². The summed E-state index contributed by atoms with van der Waals surface area (Å²) >= 11 is 0. The summed E-state index contributed by atoms with van der Waals surface area (Å²) in [5.74, 6) is 0.600. The molecule has 74 valence electrons. The summed E-state index contributed by atoms with van der Waals surface area (Å²) in [4.78, 5) is 4.34. The van der Waals surface area contributed by atoms with Crippen LogP contribution in [0.2, 0.25) is 0 Å². The van der Waals surface area contributed by atoms with Crippen LogP contribution < -0.4 is 11.5 Å². The lowest BCUT2D eigenvalue weighted by Gasteiger charge is -2.00. The first kappa shape index (κ1) is 9.21. The summed E-state index contributed by atoms with van der Waals surface area (Å²) in [5.41, 5.74) is 13.7. The molecular formula is C11H15N3. The van der Waals surface area contributed by atoms with Crippen LogP contribution in [-0.2, 0) is 0 Å². The van der Waals surface area contributed by atoms with Crippen LogP contribution in [0.25, 0.3) is 0 Å². The van der Waals surface area contributed by atoms with E-state index in [0.29, 0.717) is 5.84 Å². The SMILES string of the molecule is Cc1ccc(C(N)=NC2CC2N)cc1. The molecular weight excluding hydrogens is 174 g/mol. The van der Waals surface area contributed by atoms with E-state index in [1.807, 2.05) is 31.2 Å². The zero-order chi connectivity index (χ0) is 10.1. The number of aryl methyl sites for hydroxylation is 1. The summed E-state index contributed by atoms with van der Waals surface area (Å²) in [7, 11) is 0. The Balaban J connectivity index is 2.14. The second kappa shape index (κ2) is 3.42. The zero-order valence-corrected chi connectivity index (χ0v) is 8.27. The number of amidine groups is 1. The van der Waals surface area contributed by atoms with Gasteiger partial charge in [-0.05, 0) is 13.3 Å². The van der Waals surface area contributed by atoms with Crippen LogP contribution in [0.4, 0.5) is 0 Å². The molecule has 2 atom stereocenters. The van der Waals surface area contributed by atoms with Crippen LogP contribution in [0.15, 0.2) is 29.3 Å². The Labute approximate surface area is 83.8 Å². The van der Waals surface area contributed by atoms with E-state index in [0.717, 1.165) is 12.0 Å². The van der Waals surface area contributed by atoms with Gasteiger partial charge in [-0.25, -0.2) is 0 Å². The molecule has 0 amide bonds. The average molecular weight is 189 g/mol.